The van der Waals surface area contributed by atoms with Gasteiger partial charge in [0.2, 0.25) is 0 Å². The quantitative estimate of drug-likeness (QED) is 0.625. The highest BCUT2D eigenvalue weighted by molar-refractivity contribution is 5.57. The van der Waals surface area contributed by atoms with E-state index in [9.17, 15) is 0 Å². The predicted octanol–water partition coefficient (Wildman–Crippen LogP) is 1.49. The largest absolute Gasteiger partial charge is 0.351 e. The Labute approximate surface area is 112 Å². The van der Waals surface area contributed by atoms with Crippen molar-refractivity contribution in [2.24, 2.45) is 5.84 Å². The van der Waals surface area contributed by atoms with Gasteiger partial charge in [-0.25, -0.2) is 15.8 Å². The van der Waals surface area contributed by atoms with E-state index in [1.807, 2.05) is 25.1 Å². The van der Waals surface area contributed by atoms with Crippen molar-refractivity contribution in [3.63, 3.8) is 0 Å². The molecule has 0 amide bonds. The third-order valence-corrected chi connectivity index (χ3v) is 2.95. The molecule has 2 heterocycles. The molecule has 0 atom stereocenters. The SMILES string of the molecule is CCN(Cc1ccccn1)c1ncnc(NN)c1C. The minimum atomic E-state index is 0.643. The Morgan fingerprint density at radius 2 is 2.11 bits per heavy atom. The van der Waals surface area contributed by atoms with Crippen molar-refractivity contribution < 1.29 is 0 Å². The van der Waals surface area contributed by atoms with Crippen LogP contribution in [0.3, 0.4) is 0 Å². The lowest BCUT2D eigenvalue weighted by molar-refractivity contribution is 0.786. The van der Waals surface area contributed by atoms with Crippen molar-refractivity contribution in [3.8, 4) is 0 Å². The number of hydrogen-bond acceptors (Lipinski definition) is 6. The normalized spacial score (nSPS) is 10.3. The number of aromatic nitrogens is 3. The molecule has 3 N–H and O–H groups in total. The number of pyridine rings is 1. The Kier molecular flexibility index (Phi) is 4.25. The zero-order valence-corrected chi connectivity index (χ0v) is 11.2. The summed E-state index contributed by atoms with van der Waals surface area (Å²) in [5, 5.41) is 0. The van der Waals surface area contributed by atoms with Crippen molar-refractivity contribution >= 4 is 11.6 Å². The van der Waals surface area contributed by atoms with Crippen molar-refractivity contribution in [1.29, 1.82) is 0 Å². The molecule has 6 nitrogen and oxygen atoms in total. The van der Waals surface area contributed by atoms with E-state index in [-0.39, 0.29) is 0 Å². The van der Waals surface area contributed by atoms with Crippen LogP contribution < -0.4 is 16.2 Å². The molecular formula is C13H18N6. The minimum Gasteiger partial charge on any atom is -0.351 e. The first kappa shape index (κ1) is 13.2. The first-order valence-electron chi connectivity index (χ1n) is 6.19. The van der Waals surface area contributed by atoms with Crippen LogP contribution in [0.4, 0.5) is 11.6 Å². The van der Waals surface area contributed by atoms with Gasteiger partial charge in [-0.15, -0.1) is 0 Å². The van der Waals surface area contributed by atoms with Crippen molar-refractivity contribution in [1.82, 2.24) is 15.0 Å². The predicted molar refractivity (Wildman–Crippen MR) is 75.5 cm³/mol. The molecule has 2 aromatic heterocycles. The summed E-state index contributed by atoms with van der Waals surface area (Å²) in [7, 11) is 0. The Hall–Kier alpha value is -2.21. The van der Waals surface area contributed by atoms with E-state index >= 15 is 0 Å². The summed E-state index contributed by atoms with van der Waals surface area (Å²) in [5.74, 6) is 6.96. The Balaban J connectivity index is 2.27. The average molecular weight is 258 g/mol. The van der Waals surface area contributed by atoms with Gasteiger partial charge in [0.1, 0.15) is 18.0 Å². The molecule has 0 bridgehead atoms. The van der Waals surface area contributed by atoms with Crippen molar-refractivity contribution in [2.75, 3.05) is 16.9 Å². The fourth-order valence-corrected chi connectivity index (χ4v) is 1.93. The highest BCUT2D eigenvalue weighted by Gasteiger charge is 2.13. The molecule has 0 aliphatic rings. The van der Waals surface area contributed by atoms with E-state index in [1.165, 1.54) is 6.33 Å². The van der Waals surface area contributed by atoms with Gasteiger partial charge in [-0.1, -0.05) is 6.07 Å². The third-order valence-electron chi connectivity index (χ3n) is 2.95. The molecule has 0 fully saturated rings. The monoisotopic (exact) mass is 258 g/mol. The van der Waals surface area contributed by atoms with E-state index < -0.39 is 0 Å². The molecule has 0 saturated carbocycles. The van der Waals surface area contributed by atoms with Gasteiger partial charge in [0, 0.05) is 18.3 Å². The maximum Gasteiger partial charge on any atom is 0.148 e. The van der Waals surface area contributed by atoms with Crippen molar-refractivity contribution in [3.05, 3.63) is 42.0 Å². The molecule has 0 aromatic carbocycles. The minimum absolute atomic E-state index is 0.643. The number of nitrogens with zero attached hydrogens (tertiary/aromatic N) is 4. The standard InChI is InChI=1S/C13H18N6/c1-3-19(8-11-6-4-5-7-15-11)13-10(2)12(18-14)16-9-17-13/h4-7,9H,3,8,14H2,1-2H3,(H,16,17,18). The molecule has 0 radical (unpaired) electrons. The second-order valence-electron chi connectivity index (χ2n) is 4.15. The first-order valence-corrected chi connectivity index (χ1v) is 6.19. The van der Waals surface area contributed by atoms with E-state index in [0.717, 1.165) is 23.6 Å². The van der Waals surface area contributed by atoms with Gasteiger partial charge in [0.15, 0.2) is 0 Å². The molecule has 0 saturated heterocycles. The van der Waals surface area contributed by atoms with Gasteiger partial charge in [-0.3, -0.25) is 4.98 Å². The maximum absolute atomic E-state index is 5.44. The second kappa shape index (κ2) is 6.10. The molecular weight excluding hydrogens is 240 g/mol. The third kappa shape index (κ3) is 2.97. The number of anilines is 2. The van der Waals surface area contributed by atoms with Gasteiger partial charge >= 0.3 is 0 Å². The fraction of sp³-hybridized carbons (Fsp3) is 0.308. The summed E-state index contributed by atoms with van der Waals surface area (Å²) in [4.78, 5) is 14.9. The molecule has 100 valence electrons. The van der Waals surface area contributed by atoms with E-state index in [1.54, 1.807) is 6.20 Å². The number of hydrogen-bond donors (Lipinski definition) is 2. The number of nitrogen functional groups attached to an aromatic ring is 1. The van der Waals surface area contributed by atoms with Gasteiger partial charge in [-0.05, 0) is 26.0 Å². The van der Waals surface area contributed by atoms with Crippen LogP contribution in [0.15, 0.2) is 30.7 Å². The van der Waals surface area contributed by atoms with Gasteiger partial charge in [-0.2, -0.15) is 0 Å². The summed E-state index contributed by atoms with van der Waals surface area (Å²) in [5.41, 5.74) is 4.52. The fourth-order valence-electron chi connectivity index (χ4n) is 1.93. The van der Waals surface area contributed by atoms with Crippen LogP contribution in [0.25, 0.3) is 0 Å². The summed E-state index contributed by atoms with van der Waals surface area (Å²) in [6.07, 6.45) is 3.31. The van der Waals surface area contributed by atoms with Crippen LogP contribution in [0.2, 0.25) is 0 Å². The Morgan fingerprint density at radius 3 is 2.74 bits per heavy atom. The van der Waals surface area contributed by atoms with Crippen LogP contribution in [-0.2, 0) is 6.54 Å². The van der Waals surface area contributed by atoms with Gasteiger partial charge < -0.3 is 10.3 Å². The summed E-state index contributed by atoms with van der Waals surface area (Å²) in [6.45, 7) is 5.57. The second-order valence-corrected chi connectivity index (χ2v) is 4.15. The Bertz CT molecular complexity index is 528. The topological polar surface area (TPSA) is 80.0 Å². The Morgan fingerprint density at radius 1 is 1.26 bits per heavy atom. The van der Waals surface area contributed by atoms with Crippen LogP contribution in [0.1, 0.15) is 18.2 Å². The molecule has 19 heavy (non-hydrogen) atoms. The summed E-state index contributed by atoms with van der Waals surface area (Å²) in [6, 6.07) is 5.89. The summed E-state index contributed by atoms with van der Waals surface area (Å²) >= 11 is 0. The molecule has 2 aromatic rings. The molecule has 0 aliphatic heterocycles. The van der Waals surface area contributed by atoms with Crippen LogP contribution in [0.5, 0.6) is 0 Å². The summed E-state index contributed by atoms with van der Waals surface area (Å²) < 4.78 is 0. The first-order chi connectivity index (χ1) is 9.26. The zero-order chi connectivity index (χ0) is 13.7. The lowest BCUT2D eigenvalue weighted by Gasteiger charge is -2.23. The smallest absolute Gasteiger partial charge is 0.148 e. The number of nitrogens with two attached hydrogens (primary N) is 1. The van der Waals surface area contributed by atoms with Crippen LogP contribution >= 0.6 is 0 Å². The highest BCUT2D eigenvalue weighted by atomic mass is 15.3. The average Bonchev–Trinajstić information content (AvgIpc) is 2.46. The van der Waals surface area contributed by atoms with Gasteiger partial charge in [0.05, 0.1) is 12.2 Å². The maximum atomic E-state index is 5.44. The van der Waals surface area contributed by atoms with Crippen molar-refractivity contribution in [2.45, 2.75) is 20.4 Å². The number of rotatable bonds is 5. The van der Waals surface area contributed by atoms with Crippen LogP contribution in [-0.4, -0.2) is 21.5 Å². The van der Waals surface area contributed by atoms with E-state index in [2.05, 4.69) is 32.2 Å². The number of hydrazine groups is 1. The van der Waals surface area contributed by atoms with E-state index in [4.69, 9.17) is 5.84 Å². The number of nitrogens with one attached hydrogen (secondary N) is 1. The lowest BCUT2D eigenvalue weighted by Crippen LogP contribution is -2.25. The van der Waals surface area contributed by atoms with Gasteiger partial charge in [0.25, 0.3) is 0 Å². The van der Waals surface area contributed by atoms with E-state index in [0.29, 0.717) is 12.4 Å². The molecule has 6 heteroatoms. The molecule has 0 aliphatic carbocycles. The zero-order valence-electron chi connectivity index (χ0n) is 11.2. The van der Waals surface area contributed by atoms with Crippen LogP contribution in [0, 0.1) is 6.92 Å². The highest BCUT2D eigenvalue weighted by Crippen LogP contribution is 2.22. The molecule has 2 rings (SSSR count). The molecule has 0 unspecified atom stereocenters. The lowest BCUT2D eigenvalue weighted by atomic mass is 10.2. The molecule has 0 spiro atoms.